The van der Waals surface area contributed by atoms with Crippen molar-refractivity contribution < 1.29 is 14.7 Å². The maximum absolute atomic E-state index is 11.5. The van der Waals surface area contributed by atoms with Crippen LogP contribution >= 0.6 is 0 Å². The fourth-order valence-electron chi connectivity index (χ4n) is 2.82. The van der Waals surface area contributed by atoms with Crippen LogP contribution in [0.4, 0.5) is 4.79 Å². The van der Waals surface area contributed by atoms with Crippen molar-refractivity contribution in [3.05, 3.63) is 35.4 Å². The molecule has 0 saturated carbocycles. The van der Waals surface area contributed by atoms with E-state index in [-0.39, 0.29) is 12.1 Å². The van der Waals surface area contributed by atoms with Crippen molar-refractivity contribution in [3.8, 4) is 0 Å². The number of piperazine rings is 1. The Bertz CT molecular complexity index is 529. The number of carbonyl (C=O) groups is 2. The van der Waals surface area contributed by atoms with Crippen molar-refractivity contribution in [2.24, 2.45) is 0 Å². The molecule has 106 valence electrons. The zero-order valence-electron chi connectivity index (χ0n) is 11.1. The highest BCUT2D eigenvalue weighted by molar-refractivity contribution is 5.87. The zero-order chi connectivity index (χ0) is 14.1. The maximum Gasteiger partial charge on any atom is 0.335 e. The number of carbonyl (C=O) groups excluding carboxylic acids is 1. The maximum atomic E-state index is 11.5. The van der Waals surface area contributed by atoms with Crippen LogP contribution in [-0.4, -0.2) is 59.1 Å². The van der Waals surface area contributed by atoms with Gasteiger partial charge in [-0.3, -0.25) is 4.90 Å². The van der Waals surface area contributed by atoms with Crippen LogP contribution in [0.15, 0.2) is 24.3 Å². The molecule has 0 spiro atoms. The van der Waals surface area contributed by atoms with Crippen molar-refractivity contribution in [1.82, 2.24) is 15.1 Å². The molecule has 2 amide bonds. The van der Waals surface area contributed by atoms with Crippen LogP contribution in [0.5, 0.6) is 0 Å². The fraction of sp³-hybridized carbons (Fsp3) is 0.429. The van der Waals surface area contributed by atoms with Gasteiger partial charge in [0.05, 0.1) is 11.6 Å². The quantitative estimate of drug-likeness (QED) is 0.847. The van der Waals surface area contributed by atoms with E-state index in [0.717, 1.165) is 31.7 Å². The predicted molar refractivity (Wildman–Crippen MR) is 72.6 cm³/mol. The van der Waals surface area contributed by atoms with Crippen LogP contribution in [0.2, 0.25) is 0 Å². The van der Waals surface area contributed by atoms with Crippen LogP contribution in [0.25, 0.3) is 0 Å². The van der Waals surface area contributed by atoms with E-state index in [1.54, 1.807) is 12.1 Å². The summed E-state index contributed by atoms with van der Waals surface area (Å²) in [6, 6.07) is 7.28. The first kappa shape index (κ1) is 12.9. The Hall–Kier alpha value is -2.08. The largest absolute Gasteiger partial charge is 0.478 e. The van der Waals surface area contributed by atoms with Gasteiger partial charge in [0.15, 0.2) is 0 Å². The number of nitrogens with one attached hydrogen (secondary N) is 1. The number of hydrogen-bond acceptors (Lipinski definition) is 3. The lowest BCUT2D eigenvalue weighted by atomic mass is 10.1. The van der Waals surface area contributed by atoms with Gasteiger partial charge in [-0.25, -0.2) is 9.59 Å². The second-order valence-corrected chi connectivity index (χ2v) is 5.27. The van der Waals surface area contributed by atoms with Crippen LogP contribution in [0, 0.1) is 0 Å². The second-order valence-electron chi connectivity index (χ2n) is 5.27. The van der Waals surface area contributed by atoms with Crippen molar-refractivity contribution in [1.29, 1.82) is 0 Å². The highest BCUT2D eigenvalue weighted by Crippen LogP contribution is 2.16. The third-order valence-corrected chi connectivity index (χ3v) is 3.92. The summed E-state index contributed by atoms with van der Waals surface area (Å²) in [5.41, 5.74) is 1.41. The lowest BCUT2D eigenvalue weighted by Crippen LogP contribution is -2.51. The van der Waals surface area contributed by atoms with Crippen molar-refractivity contribution in [3.63, 3.8) is 0 Å². The van der Waals surface area contributed by atoms with Gasteiger partial charge in [-0.2, -0.15) is 0 Å². The molecule has 2 aliphatic heterocycles. The summed E-state index contributed by atoms with van der Waals surface area (Å²) in [6.45, 7) is 3.97. The molecule has 1 aromatic rings. The van der Waals surface area contributed by atoms with Gasteiger partial charge in [-0.05, 0) is 17.7 Å². The molecule has 0 radical (unpaired) electrons. The second kappa shape index (κ2) is 5.13. The first-order chi connectivity index (χ1) is 9.63. The molecule has 2 N–H and O–H groups in total. The standard InChI is InChI=1S/C14H17N3O3/c18-13(19)11-3-1-10(2-4-11)8-16-5-6-17-12(9-16)7-15-14(17)20/h1-4,12H,5-9H2,(H,15,20)(H,18,19). The summed E-state index contributed by atoms with van der Waals surface area (Å²) in [4.78, 5) is 26.5. The van der Waals surface area contributed by atoms with E-state index in [0.29, 0.717) is 12.1 Å². The lowest BCUT2D eigenvalue weighted by Gasteiger charge is -2.36. The predicted octanol–water partition coefficient (Wildman–Crippen LogP) is 0.594. The zero-order valence-corrected chi connectivity index (χ0v) is 11.1. The number of hydrogen-bond donors (Lipinski definition) is 2. The molecule has 3 rings (SSSR count). The molecule has 1 aromatic carbocycles. The molecule has 0 aromatic heterocycles. The van der Waals surface area contributed by atoms with E-state index < -0.39 is 5.97 Å². The topological polar surface area (TPSA) is 72.9 Å². The fourth-order valence-corrected chi connectivity index (χ4v) is 2.82. The van der Waals surface area contributed by atoms with Gasteiger partial charge in [0.25, 0.3) is 0 Å². The van der Waals surface area contributed by atoms with Gasteiger partial charge in [0, 0.05) is 32.7 Å². The Morgan fingerprint density at radius 3 is 2.75 bits per heavy atom. The van der Waals surface area contributed by atoms with E-state index in [9.17, 15) is 9.59 Å². The van der Waals surface area contributed by atoms with Crippen LogP contribution in [-0.2, 0) is 6.54 Å². The molecule has 0 aliphatic carbocycles. The monoisotopic (exact) mass is 275 g/mol. The SMILES string of the molecule is O=C(O)c1ccc(CN2CCN3C(=O)NCC3C2)cc1. The molecule has 1 unspecified atom stereocenters. The Morgan fingerprint density at radius 1 is 1.30 bits per heavy atom. The Kier molecular flexibility index (Phi) is 3.31. The number of fused-ring (bicyclic) bond motifs is 1. The van der Waals surface area contributed by atoms with Crippen molar-refractivity contribution in [2.45, 2.75) is 12.6 Å². The first-order valence-electron chi connectivity index (χ1n) is 6.72. The minimum atomic E-state index is -0.902. The van der Waals surface area contributed by atoms with Crippen LogP contribution in [0.3, 0.4) is 0 Å². The summed E-state index contributed by atoms with van der Waals surface area (Å²) in [5, 5.41) is 11.7. The van der Waals surface area contributed by atoms with Gasteiger partial charge in [-0.1, -0.05) is 12.1 Å². The molecule has 20 heavy (non-hydrogen) atoms. The average molecular weight is 275 g/mol. The molecule has 2 fully saturated rings. The third-order valence-electron chi connectivity index (χ3n) is 3.92. The molecule has 2 saturated heterocycles. The smallest absolute Gasteiger partial charge is 0.335 e. The number of aromatic carboxylic acids is 1. The van der Waals surface area contributed by atoms with Gasteiger partial charge in [0.2, 0.25) is 0 Å². The Labute approximate surface area is 117 Å². The number of amides is 2. The van der Waals surface area contributed by atoms with E-state index in [2.05, 4.69) is 10.2 Å². The van der Waals surface area contributed by atoms with E-state index in [1.165, 1.54) is 0 Å². The van der Waals surface area contributed by atoms with Gasteiger partial charge in [-0.15, -0.1) is 0 Å². The number of urea groups is 1. The number of rotatable bonds is 3. The van der Waals surface area contributed by atoms with Crippen molar-refractivity contribution >= 4 is 12.0 Å². The first-order valence-corrected chi connectivity index (χ1v) is 6.72. The van der Waals surface area contributed by atoms with Crippen molar-refractivity contribution in [2.75, 3.05) is 26.2 Å². The van der Waals surface area contributed by atoms with E-state index in [1.807, 2.05) is 17.0 Å². The van der Waals surface area contributed by atoms with E-state index in [4.69, 9.17) is 5.11 Å². The minimum absolute atomic E-state index is 0.0421. The molecule has 2 heterocycles. The average Bonchev–Trinajstić information content (AvgIpc) is 2.81. The third kappa shape index (κ3) is 2.46. The molecule has 6 heteroatoms. The van der Waals surface area contributed by atoms with Gasteiger partial charge in [0.1, 0.15) is 0 Å². The summed E-state index contributed by atoms with van der Waals surface area (Å²) >= 11 is 0. The number of nitrogens with zero attached hydrogens (tertiary/aromatic N) is 2. The summed E-state index contributed by atoms with van der Waals surface area (Å²) < 4.78 is 0. The normalized spacial score (nSPS) is 22.5. The molecule has 2 aliphatic rings. The minimum Gasteiger partial charge on any atom is -0.478 e. The highest BCUT2D eigenvalue weighted by atomic mass is 16.4. The highest BCUT2D eigenvalue weighted by Gasteiger charge is 2.35. The lowest BCUT2D eigenvalue weighted by molar-refractivity contribution is 0.0697. The molecule has 6 nitrogen and oxygen atoms in total. The molecular formula is C14H17N3O3. The Morgan fingerprint density at radius 2 is 2.05 bits per heavy atom. The van der Waals surface area contributed by atoms with Crippen LogP contribution < -0.4 is 5.32 Å². The molecule has 0 bridgehead atoms. The van der Waals surface area contributed by atoms with Gasteiger partial charge < -0.3 is 15.3 Å². The van der Waals surface area contributed by atoms with Crippen LogP contribution in [0.1, 0.15) is 15.9 Å². The summed E-state index contributed by atoms with van der Waals surface area (Å²) in [6.07, 6.45) is 0. The molecular weight excluding hydrogens is 258 g/mol. The Balaban J connectivity index is 1.61. The number of carboxylic acid groups (broad SMARTS) is 1. The number of carboxylic acids is 1. The van der Waals surface area contributed by atoms with E-state index >= 15 is 0 Å². The molecule has 1 atom stereocenters. The van der Waals surface area contributed by atoms with Gasteiger partial charge >= 0.3 is 12.0 Å². The number of benzene rings is 1. The summed E-state index contributed by atoms with van der Waals surface area (Å²) in [5.74, 6) is -0.902. The summed E-state index contributed by atoms with van der Waals surface area (Å²) in [7, 11) is 0.